The third-order valence-corrected chi connectivity index (χ3v) is 5.85. The van der Waals surface area contributed by atoms with Crippen molar-refractivity contribution in [1.82, 2.24) is 25.0 Å². The predicted octanol–water partition coefficient (Wildman–Crippen LogP) is 2.89. The molecule has 2 heterocycles. The summed E-state index contributed by atoms with van der Waals surface area (Å²) in [4.78, 5) is 27.7. The molecular formula is C21H27N5O2S. The molecule has 0 radical (unpaired) electrons. The Hall–Kier alpha value is -2.48. The van der Waals surface area contributed by atoms with Crippen molar-refractivity contribution in [3.63, 3.8) is 0 Å². The van der Waals surface area contributed by atoms with Crippen molar-refractivity contribution in [3.8, 4) is 0 Å². The van der Waals surface area contributed by atoms with Crippen molar-refractivity contribution in [2.45, 2.75) is 64.7 Å². The van der Waals surface area contributed by atoms with Crippen LogP contribution in [0.15, 0.2) is 24.3 Å². The second-order valence-electron chi connectivity index (χ2n) is 8.37. The number of benzene rings is 1. The molecule has 29 heavy (non-hydrogen) atoms. The van der Waals surface area contributed by atoms with E-state index in [1.165, 1.54) is 0 Å². The van der Waals surface area contributed by atoms with E-state index in [1.807, 2.05) is 42.7 Å². The average Bonchev–Trinajstić information content (AvgIpc) is 3.46. The molecule has 2 aromatic rings. The number of nitrogens with zero attached hydrogens (tertiary/aromatic N) is 3. The van der Waals surface area contributed by atoms with Crippen LogP contribution in [-0.4, -0.2) is 37.5 Å². The predicted molar refractivity (Wildman–Crippen MR) is 111 cm³/mol. The van der Waals surface area contributed by atoms with Gasteiger partial charge < -0.3 is 10.2 Å². The Kier molecular flexibility index (Phi) is 5.54. The van der Waals surface area contributed by atoms with Gasteiger partial charge in [-0.2, -0.15) is 5.10 Å². The Bertz CT molecular complexity index is 975. The Morgan fingerprint density at radius 2 is 2.00 bits per heavy atom. The maximum Gasteiger partial charge on any atom is 0.243 e. The largest absolute Gasteiger partial charge is 0.347 e. The molecule has 0 saturated heterocycles. The van der Waals surface area contributed by atoms with Crippen LogP contribution in [0, 0.1) is 10.7 Å². The number of amides is 2. The molecule has 1 fully saturated rings. The minimum Gasteiger partial charge on any atom is -0.347 e. The highest BCUT2D eigenvalue weighted by atomic mass is 32.1. The van der Waals surface area contributed by atoms with Crippen LogP contribution >= 0.6 is 12.2 Å². The molecule has 1 unspecified atom stereocenters. The van der Waals surface area contributed by atoms with Crippen LogP contribution in [0.25, 0.3) is 0 Å². The quantitative estimate of drug-likeness (QED) is 0.714. The Morgan fingerprint density at radius 3 is 2.69 bits per heavy atom. The van der Waals surface area contributed by atoms with E-state index in [2.05, 4.69) is 15.5 Å². The molecule has 8 heteroatoms. The number of hydrogen-bond donors (Lipinski definition) is 2. The Labute approximate surface area is 175 Å². The number of carbonyl (C=O) groups is 2. The first-order valence-corrected chi connectivity index (χ1v) is 10.6. The number of hydrogen-bond acceptors (Lipinski definition) is 4. The van der Waals surface area contributed by atoms with E-state index in [0.29, 0.717) is 36.7 Å². The molecule has 1 saturated carbocycles. The van der Waals surface area contributed by atoms with E-state index in [9.17, 15) is 9.59 Å². The zero-order valence-corrected chi connectivity index (χ0v) is 17.7. The monoisotopic (exact) mass is 413 g/mol. The maximum absolute atomic E-state index is 13.1. The zero-order valence-electron chi connectivity index (χ0n) is 16.9. The van der Waals surface area contributed by atoms with E-state index in [4.69, 9.17) is 12.2 Å². The van der Waals surface area contributed by atoms with Gasteiger partial charge in [-0.3, -0.25) is 19.3 Å². The summed E-state index contributed by atoms with van der Waals surface area (Å²) in [7, 11) is 0. The summed E-state index contributed by atoms with van der Waals surface area (Å²) in [5.41, 5.74) is 2.24. The van der Waals surface area contributed by atoms with Gasteiger partial charge in [-0.25, -0.2) is 0 Å². The minimum absolute atomic E-state index is 0.0234. The molecule has 0 spiro atoms. The van der Waals surface area contributed by atoms with E-state index in [0.717, 1.165) is 29.8 Å². The van der Waals surface area contributed by atoms with E-state index in [-0.39, 0.29) is 17.7 Å². The third-order valence-electron chi connectivity index (χ3n) is 5.56. The molecule has 1 atom stereocenters. The zero-order chi connectivity index (χ0) is 20.5. The Balaban J connectivity index is 1.51. The first-order valence-electron chi connectivity index (χ1n) is 10.2. The average molecular weight is 414 g/mol. The number of nitrogens with one attached hydrogen (secondary N) is 2. The van der Waals surface area contributed by atoms with Crippen molar-refractivity contribution in [2.75, 3.05) is 0 Å². The van der Waals surface area contributed by atoms with Gasteiger partial charge in [-0.1, -0.05) is 38.1 Å². The molecule has 1 aliphatic carbocycles. The number of carbonyl (C=O) groups excluding carboxylic acids is 2. The van der Waals surface area contributed by atoms with Gasteiger partial charge in [-0.05, 0) is 42.1 Å². The summed E-state index contributed by atoms with van der Waals surface area (Å²) in [5.74, 6) is 0.862. The molecular weight excluding hydrogens is 386 g/mol. The van der Waals surface area contributed by atoms with Crippen LogP contribution in [0.4, 0.5) is 0 Å². The first-order chi connectivity index (χ1) is 13.9. The Morgan fingerprint density at radius 1 is 1.28 bits per heavy atom. The van der Waals surface area contributed by atoms with Crippen molar-refractivity contribution >= 4 is 24.0 Å². The van der Waals surface area contributed by atoms with Crippen LogP contribution in [0.1, 0.15) is 56.1 Å². The SMILES string of the molecule is CC(C)CC(=O)N1Cc2ccccc2CC1C(=O)NCc1n[nH]c(=S)n1C1CC1. The van der Waals surface area contributed by atoms with Gasteiger partial charge in [-0.15, -0.1) is 0 Å². The molecule has 4 rings (SSSR count). The molecule has 7 nitrogen and oxygen atoms in total. The van der Waals surface area contributed by atoms with Gasteiger partial charge in [0.2, 0.25) is 11.8 Å². The minimum atomic E-state index is -0.507. The molecule has 1 aromatic carbocycles. The molecule has 1 aliphatic heterocycles. The smallest absolute Gasteiger partial charge is 0.243 e. The van der Waals surface area contributed by atoms with Gasteiger partial charge in [0.1, 0.15) is 6.04 Å². The number of H-pyrrole nitrogens is 1. The molecule has 2 aliphatic rings. The fourth-order valence-corrected chi connectivity index (χ4v) is 4.24. The molecule has 1 aromatic heterocycles. The summed E-state index contributed by atoms with van der Waals surface area (Å²) in [5, 5.41) is 10.1. The molecule has 2 amide bonds. The van der Waals surface area contributed by atoms with E-state index < -0.39 is 6.04 Å². The highest BCUT2D eigenvalue weighted by molar-refractivity contribution is 7.71. The summed E-state index contributed by atoms with van der Waals surface area (Å²) in [6, 6.07) is 7.91. The molecule has 2 N–H and O–H groups in total. The maximum atomic E-state index is 13.1. The lowest BCUT2D eigenvalue weighted by atomic mass is 9.92. The van der Waals surface area contributed by atoms with Gasteiger partial charge in [0.15, 0.2) is 10.6 Å². The normalized spacial score (nSPS) is 18.6. The van der Waals surface area contributed by atoms with Crippen LogP contribution in [0.2, 0.25) is 0 Å². The third kappa shape index (κ3) is 4.27. The lowest BCUT2D eigenvalue weighted by molar-refractivity contribution is -0.142. The summed E-state index contributed by atoms with van der Waals surface area (Å²) in [6.45, 7) is 4.81. The first kappa shape index (κ1) is 19.8. The second-order valence-corrected chi connectivity index (χ2v) is 8.76. The highest BCUT2D eigenvalue weighted by Gasteiger charge is 2.35. The number of aromatic nitrogens is 3. The van der Waals surface area contributed by atoms with Crippen LogP contribution in [-0.2, 0) is 29.1 Å². The fraction of sp³-hybridized carbons (Fsp3) is 0.524. The van der Waals surface area contributed by atoms with Crippen LogP contribution < -0.4 is 5.32 Å². The molecule has 0 bridgehead atoms. The van der Waals surface area contributed by atoms with Gasteiger partial charge >= 0.3 is 0 Å². The van der Waals surface area contributed by atoms with E-state index in [1.54, 1.807) is 4.90 Å². The number of rotatable bonds is 6. The summed E-state index contributed by atoms with van der Waals surface area (Å²) < 4.78 is 2.59. The summed E-state index contributed by atoms with van der Waals surface area (Å²) in [6.07, 6.45) is 3.14. The van der Waals surface area contributed by atoms with Crippen molar-refractivity contribution in [1.29, 1.82) is 0 Å². The number of aromatic amines is 1. The van der Waals surface area contributed by atoms with Crippen molar-refractivity contribution < 1.29 is 9.59 Å². The lowest BCUT2D eigenvalue weighted by Gasteiger charge is -2.36. The van der Waals surface area contributed by atoms with Gasteiger partial charge in [0.05, 0.1) is 6.54 Å². The van der Waals surface area contributed by atoms with Crippen LogP contribution in [0.3, 0.4) is 0 Å². The van der Waals surface area contributed by atoms with E-state index >= 15 is 0 Å². The van der Waals surface area contributed by atoms with Gasteiger partial charge in [0.25, 0.3) is 0 Å². The summed E-state index contributed by atoms with van der Waals surface area (Å²) >= 11 is 5.31. The van der Waals surface area contributed by atoms with Gasteiger partial charge in [0, 0.05) is 25.4 Å². The topological polar surface area (TPSA) is 83.0 Å². The molecule has 154 valence electrons. The number of fused-ring (bicyclic) bond motifs is 1. The second kappa shape index (κ2) is 8.10. The lowest BCUT2D eigenvalue weighted by Crippen LogP contribution is -2.52. The fourth-order valence-electron chi connectivity index (χ4n) is 3.94. The van der Waals surface area contributed by atoms with Crippen molar-refractivity contribution in [2.24, 2.45) is 5.92 Å². The van der Waals surface area contributed by atoms with Crippen molar-refractivity contribution in [3.05, 3.63) is 46.0 Å². The van der Waals surface area contributed by atoms with Crippen LogP contribution in [0.5, 0.6) is 0 Å². The highest BCUT2D eigenvalue weighted by Crippen LogP contribution is 2.35. The standard InChI is InChI=1S/C21H27N5O2S/c1-13(2)9-19(27)25-12-15-6-4-3-5-14(15)10-17(25)20(28)22-11-18-23-24-21(29)26(18)16-7-8-16/h3-6,13,16-17H,7-12H2,1-2H3,(H,22,28)(H,24,29).